The Balaban J connectivity index is 4.04. The summed E-state index contributed by atoms with van der Waals surface area (Å²) in [5.41, 5.74) is 7.23. The Morgan fingerprint density at radius 3 is 2.12 bits per heavy atom. The van der Waals surface area contributed by atoms with Gasteiger partial charge in [0.05, 0.1) is 0 Å². The minimum absolute atomic E-state index is 0.993. The van der Waals surface area contributed by atoms with Gasteiger partial charge < -0.3 is 5.73 Å². The first-order valence-corrected chi connectivity index (χ1v) is 2.54. The van der Waals surface area contributed by atoms with Crippen LogP contribution in [0.25, 0.3) is 0 Å². The van der Waals surface area contributed by atoms with E-state index in [4.69, 9.17) is 5.73 Å². The largest absolute Gasteiger partial charge is 0.404 e. The minimum atomic E-state index is 0.993. The van der Waals surface area contributed by atoms with Crippen LogP contribution < -0.4 is 5.73 Å². The average molecular weight is 112 g/mol. The van der Waals surface area contributed by atoms with E-state index in [0.29, 0.717) is 0 Å². The summed E-state index contributed by atoms with van der Waals surface area (Å²) in [6, 6.07) is 0. The van der Waals surface area contributed by atoms with Gasteiger partial charge in [0, 0.05) is 12.8 Å². The molecule has 0 saturated heterocycles. The Labute approximate surface area is 50.1 Å². The summed E-state index contributed by atoms with van der Waals surface area (Å²) in [7, 11) is 1.75. The van der Waals surface area contributed by atoms with Crippen LogP contribution in [0.2, 0.25) is 0 Å². The third-order valence-corrected chi connectivity index (χ3v) is 1.16. The molecule has 0 saturated carbocycles. The molecule has 0 aliphatic carbocycles. The molecule has 8 heavy (non-hydrogen) atoms. The highest BCUT2D eigenvalue weighted by Gasteiger charge is 1.87. The third-order valence-electron chi connectivity index (χ3n) is 1.16. The van der Waals surface area contributed by atoms with Gasteiger partial charge in [-0.2, -0.15) is 0 Å². The molecule has 0 aliphatic heterocycles. The molecular weight excluding hydrogens is 100 g/mol. The van der Waals surface area contributed by atoms with E-state index in [1.54, 1.807) is 13.2 Å². The van der Waals surface area contributed by atoms with Crippen molar-refractivity contribution >= 4 is 5.71 Å². The highest BCUT2D eigenvalue weighted by Crippen LogP contribution is 1.91. The summed E-state index contributed by atoms with van der Waals surface area (Å²) in [5, 5.41) is 0. The molecular formula is C6H12N2. The van der Waals surface area contributed by atoms with Crippen LogP contribution >= 0.6 is 0 Å². The summed E-state index contributed by atoms with van der Waals surface area (Å²) < 4.78 is 0. The van der Waals surface area contributed by atoms with Crippen molar-refractivity contribution in [3.05, 3.63) is 11.8 Å². The predicted molar refractivity (Wildman–Crippen MR) is 37.0 cm³/mol. The van der Waals surface area contributed by atoms with Crippen LogP contribution in [-0.2, 0) is 0 Å². The molecule has 0 aromatic heterocycles. The standard InChI is InChI=1S/C6H12N2/c1-5(4-7)6(2)8-3/h4H,7H2,1-3H3/b5-4+,8-6?. The van der Waals surface area contributed by atoms with Crippen molar-refractivity contribution in [3.8, 4) is 0 Å². The molecule has 0 heterocycles. The molecule has 0 aliphatic rings. The molecule has 0 aromatic rings. The molecule has 2 nitrogen and oxygen atoms in total. The zero-order valence-corrected chi connectivity index (χ0v) is 5.60. The van der Waals surface area contributed by atoms with Crippen LogP contribution in [0.4, 0.5) is 0 Å². The van der Waals surface area contributed by atoms with Gasteiger partial charge in [0.1, 0.15) is 0 Å². The van der Waals surface area contributed by atoms with Crippen LogP contribution in [0.1, 0.15) is 13.8 Å². The van der Waals surface area contributed by atoms with Crippen LogP contribution in [0.15, 0.2) is 16.8 Å². The van der Waals surface area contributed by atoms with Gasteiger partial charge in [-0.1, -0.05) is 0 Å². The molecule has 0 amide bonds. The smallest absolute Gasteiger partial charge is 0.0357 e. The number of rotatable bonds is 1. The highest BCUT2D eigenvalue weighted by atomic mass is 14.7. The van der Waals surface area contributed by atoms with E-state index in [1.807, 2.05) is 13.8 Å². The second-order valence-corrected chi connectivity index (χ2v) is 1.66. The average Bonchev–Trinajstić information content (AvgIpc) is 1.84. The number of allylic oxidation sites excluding steroid dienone is 1. The van der Waals surface area contributed by atoms with E-state index in [-0.39, 0.29) is 0 Å². The summed E-state index contributed by atoms with van der Waals surface area (Å²) in [5.74, 6) is 0. The first kappa shape index (κ1) is 7.21. The maximum atomic E-state index is 5.21. The summed E-state index contributed by atoms with van der Waals surface area (Å²) in [6.07, 6.45) is 1.56. The van der Waals surface area contributed by atoms with Gasteiger partial charge in [-0.05, 0) is 25.6 Å². The van der Waals surface area contributed by atoms with E-state index >= 15 is 0 Å². The number of hydrogen-bond acceptors (Lipinski definition) is 2. The van der Waals surface area contributed by atoms with Crippen LogP contribution in [-0.4, -0.2) is 12.8 Å². The van der Waals surface area contributed by atoms with Crippen LogP contribution in [0.3, 0.4) is 0 Å². The van der Waals surface area contributed by atoms with E-state index in [9.17, 15) is 0 Å². The van der Waals surface area contributed by atoms with Crippen molar-refractivity contribution < 1.29 is 0 Å². The van der Waals surface area contributed by atoms with Crippen molar-refractivity contribution in [1.82, 2.24) is 0 Å². The van der Waals surface area contributed by atoms with Gasteiger partial charge in [0.25, 0.3) is 0 Å². The molecule has 0 radical (unpaired) electrons. The fourth-order valence-electron chi connectivity index (χ4n) is 0.297. The minimum Gasteiger partial charge on any atom is -0.404 e. The van der Waals surface area contributed by atoms with Crippen molar-refractivity contribution in [2.45, 2.75) is 13.8 Å². The van der Waals surface area contributed by atoms with Crippen molar-refractivity contribution in [1.29, 1.82) is 0 Å². The van der Waals surface area contributed by atoms with Gasteiger partial charge in [0.2, 0.25) is 0 Å². The topological polar surface area (TPSA) is 38.4 Å². The summed E-state index contributed by atoms with van der Waals surface area (Å²) in [6.45, 7) is 3.86. The maximum Gasteiger partial charge on any atom is 0.0357 e. The normalized spacial score (nSPS) is 14.4. The molecule has 0 rings (SSSR count). The molecule has 0 aromatic carbocycles. The van der Waals surface area contributed by atoms with Gasteiger partial charge in [-0.25, -0.2) is 0 Å². The van der Waals surface area contributed by atoms with Crippen molar-refractivity contribution in [3.63, 3.8) is 0 Å². The second kappa shape index (κ2) is 3.24. The van der Waals surface area contributed by atoms with E-state index in [1.165, 1.54) is 0 Å². The van der Waals surface area contributed by atoms with Crippen molar-refractivity contribution in [2.24, 2.45) is 10.7 Å². The van der Waals surface area contributed by atoms with E-state index in [2.05, 4.69) is 4.99 Å². The quantitative estimate of drug-likeness (QED) is 0.504. The number of nitrogens with zero attached hydrogens (tertiary/aromatic N) is 1. The third kappa shape index (κ3) is 1.78. The molecule has 0 spiro atoms. The molecule has 2 heteroatoms. The van der Waals surface area contributed by atoms with E-state index < -0.39 is 0 Å². The monoisotopic (exact) mass is 112 g/mol. The molecule has 46 valence electrons. The number of aliphatic imine (C=N–C) groups is 1. The van der Waals surface area contributed by atoms with Gasteiger partial charge in [-0.3, -0.25) is 4.99 Å². The molecule has 2 N–H and O–H groups in total. The van der Waals surface area contributed by atoms with Crippen molar-refractivity contribution in [2.75, 3.05) is 7.05 Å². The van der Waals surface area contributed by atoms with Crippen LogP contribution in [0.5, 0.6) is 0 Å². The fourth-order valence-corrected chi connectivity index (χ4v) is 0.297. The SMILES string of the molecule is CN=C(C)/C(C)=C/N. The molecule has 0 bridgehead atoms. The lowest BCUT2D eigenvalue weighted by atomic mass is 10.2. The van der Waals surface area contributed by atoms with Gasteiger partial charge >= 0.3 is 0 Å². The van der Waals surface area contributed by atoms with Crippen LogP contribution in [0, 0.1) is 0 Å². The first-order valence-electron chi connectivity index (χ1n) is 2.54. The Morgan fingerprint density at radius 1 is 1.50 bits per heavy atom. The Morgan fingerprint density at radius 2 is 2.00 bits per heavy atom. The zero-order valence-electron chi connectivity index (χ0n) is 5.60. The molecule has 0 unspecified atom stereocenters. The summed E-state index contributed by atoms with van der Waals surface area (Å²) in [4.78, 5) is 3.93. The van der Waals surface area contributed by atoms with Gasteiger partial charge in [-0.15, -0.1) is 0 Å². The summed E-state index contributed by atoms with van der Waals surface area (Å²) >= 11 is 0. The first-order chi connectivity index (χ1) is 3.72. The number of nitrogens with two attached hydrogens (primary N) is 1. The predicted octanol–water partition coefficient (Wildman–Crippen LogP) is 0.940. The lowest BCUT2D eigenvalue weighted by molar-refractivity contribution is 1.37. The number of hydrogen-bond donors (Lipinski definition) is 1. The second-order valence-electron chi connectivity index (χ2n) is 1.66. The Kier molecular flexibility index (Phi) is 2.92. The lowest BCUT2D eigenvalue weighted by Gasteiger charge is -1.93. The van der Waals surface area contributed by atoms with Gasteiger partial charge in [0.15, 0.2) is 0 Å². The highest BCUT2D eigenvalue weighted by molar-refractivity contribution is 5.97. The Bertz CT molecular complexity index is 106. The van der Waals surface area contributed by atoms with E-state index in [0.717, 1.165) is 11.3 Å². The zero-order chi connectivity index (χ0) is 6.57. The lowest BCUT2D eigenvalue weighted by Crippen LogP contribution is -1.95. The fraction of sp³-hybridized carbons (Fsp3) is 0.500. The maximum absolute atomic E-state index is 5.21. The Hall–Kier alpha value is -0.790. The molecule has 0 atom stereocenters. The molecule has 0 fully saturated rings.